The molecule has 0 bridgehead atoms. The maximum absolute atomic E-state index is 12.3. The molecule has 0 atom stereocenters. The van der Waals surface area contributed by atoms with E-state index < -0.39 is 0 Å². The Morgan fingerprint density at radius 1 is 1.00 bits per heavy atom. The van der Waals surface area contributed by atoms with Gasteiger partial charge < -0.3 is 24.7 Å². The first-order valence-corrected chi connectivity index (χ1v) is 9.91. The molecule has 2 N–H and O–H groups in total. The highest BCUT2D eigenvalue weighted by atomic mass is 16.5. The van der Waals surface area contributed by atoms with Crippen molar-refractivity contribution in [3.63, 3.8) is 0 Å². The van der Waals surface area contributed by atoms with E-state index in [1.54, 1.807) is 24.4 Å². The maximum atomic E-state index is 12.3. The number of imidazole rings is 1. The maximum Gasteiger partial charge on any atom is 0.251 e. The lowest BCUT2D eigenvalue weighted by Crippen LogP contribution is -2.37. The third kappa shape index (κ3) is 6.08. The Balaban J connectivity index is 1.44. The van der Waals surface area contributed by atoms with E-state index in [2.05, 4.69) is 32.3 Å². The number of carbonyl (C=O) groups excluding carboxylic acids is 2. The van der Waals surface area contributed by atoms with Crippen LogP contribution in [0, 0.1) is 0 Å². The number of aromatic nitrogens is 2. The molecule has 8 nitrogen and oxygen atoms in total. The topological polar surface area (TPSA) is 94.5 Å². The zero-order chi connectivity index (χ0) is 22.1. The van der Waals surface area contributed by atoms with Gasteiger partial charge in [-0.2, -0.15) is 0 Å². The summed E-state index contributed by atoms with van der Waals surface area (Å²) in [6.45, 7) is 1.04. The number of nitrogens with one attached hydrogen (secondary N) is 2. The van der Waals surface area contributed by atoms with Gasteiger partial charge in [-0.25, -0.2) is 4.98 Å². The summed E-state index contributed by atoms with van der Waals surface area (Å²) >= 11 is 0. The zero-order valence-corrected chi connectivity index (χ0v) is 17.6. The van der Waals surface area contributed by atoms with Crippen molar-refractivity contribution in [2.24, 2.45) is 0 Å². The van der Waals surface area contributed by atoms with E-state index in [0.29, 0.717) is 30.0 Å². The van der Waals surface area contributed by atoms with E-state index in [4.69, 9.17) is 9.47 Å². The molecule has 1 aromatic heterocycles. The molecule has 0 aliphatic heterocycles. The van der Waals surface area contributed by atoms with Crippen LogP contribution in [0.3, 0.4) is 0 Å². The Morgan fingerprint density at radius 2 is 1.77 bits per heavy atom. The van der Waals surface area contributed by atoms with Crippen LogP contribution in [-0.2, 0) is 17.8 Å². The number of methoxy groups -OCH3 is 2. The number of ether oxygens (including phenoxy) is 2. The Morgan fingerprint density at radius 3 is 2.52 bits per heavy atom. The quantitative estimate of drug-likeness (QED) is 0.521. The molecule has 0 unspecified atom stereocenters. The number of benzene rings is 2. The second-order valence-corrected chi connectivity index (χ2v) is 6.81. The average Bonchev–Trinajstić information content (AvgIpc) is 3.24. The lowest BCUT2D eigenvalue weighted by Gasteiger charge is -2.11. The number of amides is 2. The molecule has 8 heteroatoms. The van der Waals surface area contributed by atoms with E-state index in [0.717, 1.165) is 12.4 Å². The third-order valence-electron chi connectivity index (χ3n) is 4.72. The van der Waals surface area contributed by atoms with Gasteiger partial charge in [-0.1, -0.05) is 30.3 Å². The summed E-state index contributed by atoms with van der Waals surface area (Å²) in [4.78, 5) is 28.8. The molecule has 3 rings (SSSR count). The smallest absolute Gasteiger partial charge is 0.251 e. The Hall–Kier alpha value is -3.81. The van der Waals surface area contributed by atoms with Crippen LogP contribution in [0.1, 0.15) is 21.7 Å². The van der Waals surface area contributed by atoms with Gasteiger partial charge in [0.25, 0.3) is 5.91 Å². The first-order chi connectivity index (χ1) is 15.1. The lowest BCUT2D eigenvalue weighted by molar-refractivity contribution is -0.120. The van der Waals surface area contributed by atoms with Gasteiger partial charge >= 0.3 is 0 Å². The second-order valence-electron chi connectivity index (χ2n) is 6.81. The number of rotatable bonds is 10. The molecule has 0 saturated carbocycles. The van der Waals surface area contributed by atoms with E-state index in [1.807, 2.05) is 24.4 Å². The monoisotopic (exact) mass is 422 g/mol. The second kappa shape index (κ2) is 10.8. The fourth-order valence-electron chi connectivity index (χ4n) is 3.11. The van der Waals surface area contributed by atoms with Crippen LogP contribution < -0.4 is 20.1 Å². The number of nitrogens with zero attached hydrogens (tertiary/aromatic N) is 2. The van der Waals surface area contributed by atoms with Gasteiger partial charge in [-0.05, 0) is 23.8 Å². The summed E-state index contributed by atoms with van der Waals surface area (Å²) < 4.78 is 12.4. The average molecular weight is 422 g/mol. The highest BCUT2D eigenvalue weighted by Crippen LogP contribution is 2.27. The van der Waals surface area contributed by atoms with Gasteiger partial charge in [-0.15, -0.1) is 0 Å². The van der Waals surface area contributed by atoms with Gasteiger partial charge in [0, 0.05) is 37.5 Å². The van der Waals surface area contributed by atoms with E-state index >= 15 is 0 Å². The highest BCUT2D eigenvalue weighted by Gasteiger charge is 2.12. The van der Waals surface area contributed by atoms with Gasteiger partial charge in [0.05, 0.1) is 20.8 Å². The molecule has 3 aromatic rings. The largest absolute Gasteiger partial charge is 0.493 e. The third-order valence-corrected chi connectivity index (χ3v) is 4.72. The SMILES string of the molecule is COc1ccc(C(=O)NCC(=O)NCCc2nccn2Cc2ccccc2)cc1OC. The molecule has 0 fully saturated rings. The van der Waals surface area contributed by atoms with Crippen molar-refractivity contribution in [2.45, 2.75) is 13.0 Å². The Bertz CT molecular complexity index is 1020. The van der Waals surface area contributed by atoms with Crippen molar-refractivity contribution in [1.29, 1.82) is 0 Å². The number of hydrogen-bond donors (Lipinski definition) is 2. The lowest BCUT2D eigenvalue weighted by atomic mass is 10.2. The molecule has 1 heterocycles. The molecular weight excluding hydrogens is 396 g/mol. The molecule has 162 valence electrons. The molecule has 0 saturated heterocycles. The van der Waals surface area contributed by atoms with Gasteiger partial charge in [0.15, 0.2) is 11.5 Å². The van der Waals surface area contributed by atoms with Crippen molar-refractivity contribution in [2.75, 3.05) is 27.3 Å². The normalized spacial score (nSPS) is 10.4. The van der Waals surface area contributed by atoms with Crippen molar-refractivity contribution >= 4 is 11.8 Å². The molecule has 0 spiro atoms. The van der Waals surface area contributed by atoms with Crippen molar-refractivity contribution in [3.05, 3.63) is 77.9 Å². The van der Waals surface area contributed by atoms with Crippen LogP contribution in [0.15, 0.2) is 60.9 Å². The standard InChI is InChI=1S/C23H26N4O4/c1-30-19-9-8-18(14-20(19)31-2)23(29)26-15-22(28)25-11-10-21-24-12-13-27(21)16-17-6-4-3-5-7-17/h3-9,12-14H,10-11,15-16H2,1-2H3,(H,25,28)(H,26,29). The first kappa shape index (κ1) is 21.9. The molecular formula is C23H26N4O4. The first-order valence-electron chi connectivity index (χ1n) is 9.91. The van der Waals surface area contributed by atoms with Crippen LogP contribution in [-0.4, -0.2) is 48.7 Å². The Kier molecular flexibility index (Phi) is 7.64. The van der Waals surface area contributed by atoms with Gasteiger partial charge in [-0.3, -0.25) is 9.59 Å². The molecule has 2 aromatic carbocycles. The van der Waals surface area contributed by atoms with Crippen molar-refractivity contribution in [1.82, 2.24) is 20.2 Å². The molecule has 0 radical (unpaired) electrons. The van der Waals surface area contributed by atoms with Crippen molar-refractivity contribution in [3.8, 4) is 11.5 Å². The van der Waals surface area contributed by atoms with Gasteiger partial charge in [0.2, 0.25) is 5.91 Å². The van der Waals surface area contributed by atoms with Crippen LogP contribution in [0.4, 0.5) is 0 Å². The van der Waals surface area contributed by atoms with Gasteiger partial charge in [0.1, 0.15) is 5.82 Å². The van der Waals surface area contributed by atoms with E-state index in [1.165, 1.54) is 19.8 Å². The van der Waals surface area contributed by atoms with E-state index in [-0.39, 0.29) is 18.4 Å². The summed E-state index contributed by atoms with van der Waals surface area (Å²) in [5.41, 5.74) is 1.57. The van der Waals surface area contributed by atoms with Crippen LogP contribution in [0.5, 0.6) is 11.5 Å². The fourth-order valence-corrected chi connectivity index (χ4v) is 3.11. The number of carbonyl (C=O) groups is 2. The predicted octanol–water partition coefficient (Wildman–Crippen LogP) is 2.04. The molecule has 31 heavy (non-hydrogen) atoms. The predicted molar refractivity (Wildman–Crippen MR) is 116 cm³/mol. The molecule has 0 aliphatic carbocycles. The summed E-state index contributed by atoms with van der Waals surface area (Å²) in [5, 5.41) is 5.42. The van der Waals surface area contributed by atoms with Crippen LogP contribution >= 0.6 is 0 Å². The molecule has 0 aliphatic rings. The summed E-state index contributed by atoms with van der Waals surface area (Å²) in [5.74, 6) is 1.23. The number of hydrogen-bond acceptors (Lipinski definition) is 5. The summed E-state index contributed by atoms with van der Waals surface area (Å²) in [7, 11) is 3.02. The van der Waals surface area contributed by atoms with E-state index in [9.17, 15) is 9.59 Å². The zero-order valence-electron chi connectivity index (χ0n) is 17.6. The minimum Gasteiger partial charge on any atom is -0.493 e. The highest BCUT2D eigenvalue weighted by molar-refractivity contribution is 5.97. The molecule has 2 amide bonds. The summed E-state index contributed by atoms with van der Waals surface area (Å²) in [6.07, 6.45) is 4.27. The van der Waals surface area contributed by atoms with Crippen molar-refractivity contribution < 1.29 is 19.1 Å². The van der Waals surface area contributed by atoms with Crippen LogP contribution in [0.25, 0.3) is 0 Å². The van der Waals surface area contributed by atoms with Crippen LogP contribution in [0.2, 0.25) is 0 Å². The Labute approximate surface area is 181 Å². The summed E-state index contributed by atoms with van der Waals surface area (Å²) in [6, 6.07) is 14.9. The minimum atomic E-state index is -0.366. The fraction of sp³-hybridized carbons (Fsp3) is 0.261. The minimum absolute atomic E-state index is 0.119.